The third kappa shape index (κ3) is 2.96. The van der Waals surface area contributed by atoms with E-state index in [4.69, 9.17) is 5.73 Å². The van der Waals surface area contributed by atoms with E-state index in [0.29, 0.717) is 17.9 Å². The molecule has 0 aliphatic carbocycles. The van der Waals surface area contributed by atoms with Crippen molar-refractivity contribution in [1.82, 2.24) is 5.32 Å². The Kier molecular flexibility index (Phi) is 3.80. The van der Waals surface area contributed by atoms with Gasteiger partial charge in [-0.25, -0.2) is 0 Å². The van der Waals surface area contributed by atoms with Crippen LogP contribution >= 0.6 is 0 Å². The maximum absolute atomic E-state index is 12.7. The molecular formula is C13H17F3N2. The zero-order valence-corrected chi connectivity index (χ0v) is 10.1. The number of hydrogen-bond acceptors (Lipinski definition) is 2. The van der Waals surface area contributed by atoms with Crippen molar-refractivity contribution in [3.05, 3.63) is 29.3 Å². The molecule has 1 aliphatic heterocycles. The molecule has 2 nitrogen and oxygen atoms in total. The molecule has 1 aromatic carbocycles. The molecule has 0 bridgehead atoms. The Balaban J connectivity index is 2.18. The highest BCUT2D eigenvalue weighted by molar-refractivity contribution is 5.55. The van der Waals surface area contributed by atoms with Gasteiger partial charge in [0.05, 0.1) is 5.56 Å². The van der Waals surface area contributed by atoms with Crippen molar-refractivity contribution >= 4 is 5.69 Å². The average Bonchev–Trinajstić information content (AvgIpc) is 2.32. The summed E-state index contributed by atoms with van der Waals surface area (Å²) < 4.78 is 38.1. The lowest BCUT2D eigenvalue weighted by Crippen LogP contribution is -2.31. The predicted octanol–water partition coefficient (Wildman–Crippen LogP) is 2.83. The van der Waals surface area contributed by atoms with Gasteiger partial charge in [-0.2, -0.15) is 13.2 Å². The van der Waals surface area contributed by atoms with E-state index in [0.717, 1.165) is 32.0 Å². The molecule has 1 saturated heterocycles. The standard InChI is InChI=1S/C13H17F3N2/c14-13(15,16)11-5-1-4-10(12(11)17)7-9-3-2-6-18-8-9/h1,4-5,9,18H,2-3,6-8,17H2. The van der Waals surface area contributed by atoms with Gasteiger partial charge in [0.2, 0.25) is 0 Å². The monoisotopic (exact) mass is 258 g/mol. The predicted molar refractivity (Wildman–Crippen MR) is 65.2 cm³/mol. The number of piperidine rings is 1. The van der Waals surface area contributed by atoms with Crippen molar-refractivity contribution in [3.8, 4) is 0 Å². The van der Waals surface area contributed by atoms with Gasteiger partial charge in [-0.15, -0.1) is 0 Å². The van der Waals surface area contributed by atoms with E-state index in [-0.39, 0.29) is 5.69 Å². The van der Waals surface area contributed by atoms with Crippen molar-refractivity contribution < 1.29 is 13.2 Å². The Morgan fingerprint density at radius 3 is 2.72 bits per heavy atom. The Bertz CT molecular complexity index is 409. The van der Waals surface area contributed by atoms with Crippen LogP contribution in [0.1, 0.15) is 24.0 Å². The highest BCUT2D eigenvalue weighted by Gasteiger charge is 2.33. The molecule has 0 spiro atoms. The topological polar surface area (TPSA) is 38.0 Å². The van der Waals surface area contributed by atoms with Crippen LogP contribution in [0.5, 0.6) is 0 Å². The fourth-order valence-corrected chi connectivity index (χ4v) is 2.45. The van der Waals surface area contributed by atoms with Gasteiger partial charge in [0.1, 0.15) is 0 Å². The number of benzene rings is 1. The van der Waals surface area contributed by atoms with Crippen LogP contribution in [0.25, 0.3) is 0 Å². The van der Waals surface area contributed by atoms with Crippen LogP contribution in [0, 0.1) is 5.92 Å². The fraction of sp³-hybridized carbons (Fsp3) is 0.538. The molecular weight excluding hydrogens is 241 g/mol. The Hall–Kier alpha value is -1.23. The lowest BCUT2D eigenvalue weighted by molar-refractivity contribution is -0.136. The molecule has 0 radical (unpaired) electrons. The summed E-state index contributed by atoms with van der Waals surface area (Å²) in [6.07, 6.45) is -1.64. The second-order valence-electron chi connectivity index (χ2n) is 4.79. The van der Waals surface area contributed by atoms with Crippen LogP contribution in [-0.2, 0) is 12.6 Å². The van der Waals surface area contributed by atoms with Crippen molar-refractivity contribution in [1.29, 1.82) is 0 Å². The molecule has 5 heteroatoms. The second-order valence-corrected chi connectivity index (χ2v) is 4.79. The minimum atomic E-state index is -4.37. The summed E-state index contributed by atoms with van der Waals surface area (Å²) in [5.41, 5.74) is 5.42. The SMILES string of the molecule is Nc1c(CC2CCCNC2)cccc1C(F)(F)F. The second kappa shape index (κ2) is 5.18. The first-order valence-corrected chi connectivity index (χ1v) is 6.14. The molecule has 1 atom stereocenters. The van der Waals surface area contributed by atoms with E-state index in [9.17, 15) is 13.2 Å². The van der Waals surface area contributed by atoms with Gasteiger partial charge in [0, 0.05) is 5.69 Å². The number of alkyl halides is 3. The minimum Gasteiger partial charge on any atom is -0.398 e. The van der Waals surface area contributed by atoms with Crippen molar-refractivity contribution in [2.75, 3.05) is 18.8 Å². The maximum Gasteiger partial charge on any atom is 0.418 e. The minimum absolute atomic E-state index is 0.115. The molecule has 0 amide bonds. The van der Waals surface area contributed by atoms with Gasteiger partial charge >= 0.3 is 6.18 Å². The van der Waals surface area contributed by atoms with Crippen LogP contribution < -0.4 is 11.1 Å². The molecule has 1 unspecified atom stereocenters. The van der Waals surface area contributed by atoms with Gasteiger partial charge in [0.25, 0.3) is 0 Å². The summed E-state index contributed by atoms with van der Waals surface area (Å²) in [6.45, 7) is 1.85. The van der Waals surface area contributed by atoms with Crippen molar-refractivity contribution in [2.24, 2.45) is 5.92 Å². The van der Waals surface area contributed by atoms with Crippen LogP contribution in [-0.4, -0.2) is 13.1 Å². The first kappa shape index (κ1) is 13.2. The third-order valence-corrected chi connectivity index (χ3v) is 3.41. The highest BCUT2D eigenvalue weighted by Crippen LogP contribution is 2.35. The van der Waals surface area contributed by atoms with Crippen LogP contribution in [0.15, 0.2) is 18.2 Å². The van der Waals surface area contributed by atoms with Gasteiger partial charge in [-0.1, -0.05) is 12.1 Å². The van der Waals surface area contributed by atoms with E-state index >= 15 is 0 Å². The lowest BCUT2D eigenvalue weighted by Gasteiger charge is -2.24. The average molecular weight is 258 g/mol. The summed E-state index contributed by atoms with van der Waals surface area (Å²) in [5, 5.41) is 3.26. The van der Waals surface area contributed by atoms with E-state index in [1.165, 1.54) is 6.07 Å². The Labute approximate surface area is 104 Å². The van der Waals surface area contributed by atoms with Gasteiger partial charge in [0.15, 0.2) is 0 Å². The number of hydrogen-bond donors (Lipinski definition) is 2. The molecule has 0 aromatic heterocycles. The third-order valence-electron chi connectivity index (χ3n) is 3.41. The number of nitrogen functional groups attached to an aromatic ring is 1. The summed E-state index contributed by atoms with van der Waals surface area (Å²) in [5.74, 6) is 0.379. The number of para-hydroxylation sites is 1. The molecule has 2 rings (SSSR count). The van der Waals surface area contributed by atoms with Crippen LogP contribution in [0.2, 0.25) is 0 Å². The summed E-state index contributed by atoms with van der Waals surface area (Å²) in [6, 6.07) is 4.17. The van der Waals surface area contributed by atoms with Crippen LogP contribution in [0.4, 0.5) is 18.9 Å². The number of rotatable bonds is 2. The maximum atomic E-state index is 12.7. The Morgan fingerprint density at radius 1 is 1.33 bits per heavy atom. The van der Waals surface area contributed by atoms with E-state index < -0.39 is 11.7 Å². The van der Waals surface area contributed by atoms with Gasteiger partial charge in [-0.05, 0) is 49.9 Å². The molecule has 1 heterocycles. The molecule has 1 aromatic rings. The highest BCUT2D eigenvalue weighted by atomic mass is 19.4. The van der Waals surface area contributed by atoms with Crippen molar-refractivity contribution in [3.63, 3.8) is 0 Å². The number of nitrogens with one attached hydrogen (secondary N) is 1. The van der Waals surface area contributed by atoms with E-state index in [1.807, 2.05) is 0 Å². The zero-order valence-electron chi connectivity index (χ0n) is 10.1. The first-order chi connectivity index (χ1) is 8.48. The van der Waals surface area contributed by atoms with E-state index in [1.54, 1.807) is 6.07 Å². The van der Waals surface area contributed by atoms with Crippen LogP contribution in [0.3, 0.4) is 0 Å². The van der Waals surface area contributed by atoms with Gasteiger partial charge < -0.3 is 11.1 Å². The summed E-state index contributed by atoms with van der Waals surface area (Å²) >= 11 is 0. The smallest absolute Gasteiger partial charge is 0.398 e. The normalized spacial score (nSPS) is 20.9. The first-order valence-electron chi connectivity index (χ1n) is 6.14. The van der Waals surface area contributed by atoms with E-state index in [2.05, 4.69) is 5.32 Å². The molecule has 3 N–H and O–H groups in total. The largest absolute Gasteiger partial charge is 0.418 e. The number of nitrogens with two attached hydrogens (primary N) is 1. The lowest BCUT2D eigenvalue weighted by atomic mass is 9.90. The fourth-order valence-electron chi connectivity index (χ4n) is 2.45. The summed E-state index contributed by atoms with van der Waals surface area (Å²) in [4.78, 5) is 0. The van der Waals surface area contributed by atoms with Crippen molar-refractivity contribution in [2.45, 2.75) is 25.4 Å². The molecule has 1 fully saturated rings. The summed E-state index contributed by atoms with van der Waals surface area (Å²) in [7, 11) is 0. The molecule has 1 aliphatic rings. The molecule has 100 valence electrons. The number of halogens is 3. The van der Waals surface area contributed by atoms with Gasteiger partial charge in [-0.3, -0.25) is 0 Å². The quantitative estimate of drug-likeness (QED) is 0.800. The molecule has 0 saturated carbocycles. The molecule has 18 heavy (non-hydrogen) atoms. The zero-order chi connectivity index (χ0) is 13.2. The Morgan fingerprint density at radius 2 is 2.11 bits per heavy atom. The number of anilines is 1.